The van der Waals surface area contributed by atoms with Crippen molar-refractivity contribution < 1.29 is 9.53 Å². The van der Waals surface area contributed by atoms with Gasteiger partial charge in [0.2, 0.25) is 4.96 Å². The first-order valence-corrected chi connectivity index (χ1v) is 12.5. The Balaban J connectivity index is 1.11. The van der Waals surface area contributed by atoms with E-state index in [2.05, 4.69) is 11.1 Å². The number of fused-ring (bicyclic) bond motifs is 2. The monoisotopic (exact) mass is 487 g/mol. The summed E-state index contributed by atoms with van der Waals surface area (Å²) in [4.78, 5) is 25.4. The number of rotatable bonds is 4. The first kappa shape index (κ1) is 21.7. The van der Waals surface area contributed by atoms with Gasteiger partial charge in [-0.1, -0.05) is 41.7 Å². The Kier molecular flexibility index (Phi) is 5.44. The van der Waals surface area contributed by atoms with Gasteiger partial charge in [-0.2, -0.15) is 10.2 Å². The Morgan fingerprint density at radius 1 is 1.06 bits per heavy atom. The molecule has 5 heterocycles. The molecule has 5 aromatic rings. The predicted octanol–water partition coefficient (Wildman–Crippen LogP) is 4.63. The average molecular weight is 488 g/mol. The number of hydrogen-bond acceptors (Lipinski definition) is 7. The lowest BCUT2D eigenvalue weighted by Gasteiger charge is -2.30. The molecular formula is C25H25N7O2S. The molecule has 0 aliphatic carbocycles. The van der Waals surface area contributed by atoms with Crippen molar-refractivity contribution in [3.05, 3.63) is 71.4 Å². The van der Waals surface area contributed by atoms with Crippen LogP contribution >= 0.6 is 11.3 Å². The molecule has 0 N–H and O–H groups in total. The normalized spacial score (nSPS) is 14.7. The van der Waals surface area contributed by atoms with Crippen LogP contribution in [-0.4, -0.2) is 53.3 Å². The highest BCUT2D eigenvalue weighted by Gasteiger charge is 2.27. The molecule has 1 aliphatic heterocycles. The van der Waals surface area contributed by atoms with E-state index in [1.54, 1.807) is 16.2 Å². The van der Waals surface area contributed by atoms with E-state index >= 15 is 0 Å². The molecule has 0 spiro atoms. The third-order valence-electron chi connectivity index (χ3n) is 6.36. The maximum atomic E-state index is 12.5. The van der Waals surface area contributed by atoms with Crippen molar-refractivity contribution in [2.75, 3.05) is 13.1 Å². The summed E-state index contributed by atoms with van der Waals surface area (Å²) in [5.41, 5.74) is 4.78. The zero-order chi connectivity index (χ0) is 23.9. The lowest BCUT2D eigenvalue weighted by molar-refractivity contribution is 0.0866. The Hall–Kier alpha value is -3.79. The van der Waals surface area contributed by atoms with Gasteiger partial charge in [-0.25, -0.2) is 23.8 Å². The number of thiazole rings is 1. The molecule has 4 aromatic heterocycles. The predicted molar refractivity (Wildman–Crippen MR) is 132 cm³/mol. The van der Waals surface area contributed by atoms with Gasteiger partial charge in [0.1, 0.15) is 12.3 Å². The summed E-state index contributed by atoms with van der Waals surface area (Å²) in [6.07, 6.45) is 5.31. The Morgan fingerprint density at radius 2 is 1.86 bits per heavy atom. The molecule has 1 amide bonds. The highest BCUT2D eigenvalue weighted by atomic mass is 32.1. The van der Waals surface area contributed by atoms with E-state index in [1.807, 2.05) is 65.6 Å². The number of imidazole rings is 1. The summed E-state index contributed by atoms with van der Waals surface area (Å²) < 4.78 is 9.15. The summed E-state index contributed by atoms with van der Waals surface area (Å²) in [5.74, 6) is 1.07. The van der Waals surface area contributed by atoms with Crippen molar-refractivity contribution in [3.63, 3.8) is 0 Å². The van der Waals surface area contributed by atoms with Crippen LogP contribution in [0.1, 0.15) is 41.4 Å². The minimum atomic E-state index is -0.261. The number of ether oxygens (including phenoxy) is 1. The van der Waals surface area contributed by atoms with Crippen molar-refractivity contribution in [1.82, 2.24) is 34.1 Å². The molecule has 10 heteroatoms. The summed E-state index contributed by atoms with van der Waals surface area (Å²) >= 11 is 1.58. The van der Waals surface area contributed by atoms with Crippen LogP contribution in [0, 0.1) is 13.8 Å². The smallest absolute Gasteiger partial charge is 0.410 e. The van der Waals surface area contributed by atoms with Gasteiger partial charge in [0.15, 0.2) is 11.5 Å². The number of benzene rings is 1. The summed E-state index contributed by atoms with van der Waals surface area (Å²) in [7, 11) is 0. The van der Waals surface area contributed by atoms with Gasteiger partial charge in [-0.3, -0.25) is 0 Å². The largest absolute Gasteiger partial charge is 0.445 e. The van der Waals surface area contributed by atoms with Crippen LogP contribution in [0.4, 0.5) is 4.79 Å². The SMILES string of the molecule is Cc1cn2nc(-c3cn4nc(C5CCN(C(=O)OCc6ccccc6)CC5)nc4s3)cc(C)c2n1. The number of aromatic nitrogens is 6. The molecule has 0 bridgehead atoms. The van der Waals surface area contributed by atoms with Crippen molar-refractivity contribution in [1.29, 1.82) is 0 Å². The molecule has 0 saturated carbocycles. The second-order valence-corrected chi connectivity index (χ2v) is 9.97. The number of nitrogens with zero attached hydrogens (tertiary/aromatic N) is 7. The van der Waals surface area contributed by atoms with Crippen LogP contribution < -0.4 is 0 Å². The van der Waals surface area contributed by atoms with Crippen LogP contribution in [0.3, 0.4) is 0 Å². The third-order valence-corrected chi connectivity index (χ3v) is 7.36. The second-order valence-electron chi connectivity index (χ2n) is 8.96. The second kappa shape index (κ2) is 8.77. The molecule has 0 atom stereocenters. The maximum Gasteiger partial charge on any atom is 0.410 e. The summed E-state index contributed by atoms with van der Waals surface area (Å²) in [5, 5.41) is 9.47. The van der Waals surface area contributed by atoms with Crippen molar-refractivity contribution >= 4 is 28.0 Å². The van der Waals surface area contributed by atoms with E-state index in [4.69, 9.17) is 19.9 Å². The number of likely N-dealkylation sites (tertiary alicyclic amines) is 1. The lowest BCUT2D eigenvalue weighted by Crippen LogP contribution is -2.38. The number of aryl methyl sites for hydroxylation is 2. The Bertz CT molecular complexity index is 1480. The van der Waals surface area contributed by atoms with Gasteiger partial charge in [0, 0.05) is 19.0 Å². The van der Waals surface area contributed by atoms with Crippen LogP contribution in [0.15, 0.2) is 48.8 Å². The van der Waals surface area contributed by atoms with Crippen LogP contribution in [0.5, 0.6) is 0 Å². The molecule has 1 aliphatic rings. The zero-order valence-corrected chi connectivity index (χ0v) is 20.4. The summed E-state index contributed by atoms with van der Waals surface area (Å²) in [6, 6.07) is 11.8. The van der Waals surface area contributed by atoms with Crippen molar-refractivity contribution in [2.45, 2.75) is 39.2 Å². The zero-order valence-electron chi connectivity index (χ0n) is 19.6. The van der Waals surface area contributed by atoms with E-state index in [0.717, 1.165) is 56.7 Å². The fraction of sp³-hybridized carbons (Fsp3) is 0.320. The first-order valence-electron chi connectivity index (χ1n) is 11.7. The molecule has 0 radical (unpaired) electrons. The third kappa shape index (κ3) is 4.25. The van der Waals surface area contributed by atoms with E-state index in [0.29, 0.717) is 19.7 Å². The van der Waals surface area contributed by atoms with Crippen LogP contribution in [0.2, 0.25) is 0 Å². The summed E-state index contributed by atoms with van der Waals surface area (Å²) in [6.45, 7) is 5.60. The molecule has 1 aromatic carbocycles. The highest BCUT2D eigenvalue weighted by molar-refractivity contribution is 7.20. The topological polar surface area (TPSA) is 89.9 Å². The molecule has 178 valence electrons. The van der Waals surface area contributed by atoms with Gasteiger partial charge < -0.3 is 9.64 Å². The van der Waals surface area contributed by atoms with Crippen LogP contribution in [0.25, 0.3) is 21.2 Å². The molecule has 35 heavy (non-hydrogen) atoms. The molecule has 0 unspecified atom stereocenters. The quantitative estimate of drug-likeness (QED) is 0.367. The lowest BCUT2D eigenvalue weighted by atomic mass is 9.96. The molecule has 6 rings (SSSR count). The van der Waals surface area contributed by atoms with Gasteiger partial charge in [0.05, 0.1) is 23.0 Å². The molecule has 1 fully saturated rings. The molecule has 1 saturated heterocycles. The Labute approximate surface area is 206 Å². The number of carbonyl (C=O) groups excluding carboxylic acids is 1. The first-order chi connectivity index (χ1) is 17.0. The average Bonchev–Trinajstić information content (AvgIpc) is 3.56. The van der Waals surface area contributed by atoms with Crippen molar-refractivity contribution in [2.24, 2.45) is 0 Å². The van der Waals surface area contributed by atoms with E-state index in [-0.39, 0.29) is 12.0 Å². The van der Waals surface area contributed by atoms with Gasteiger partial charge in [-0.05, 0) is 43.9 Å². The number of piperidine rings is 1. The molecule has 9 nitrogen and oxygen atoms in total. The highest BCUT2D eigenvalue weighted by Crippen LogP contribution is 2.31. The number of carbonyl (C=O) groups is 1. The van der Waals surface area contributed by atoms with E-state index < -0.39 is 0 Å². The minimum absolute atomic E-state index is 0.231. The molecular weight excluding hydrogens is 462 g/mol. The van der Waals surface area contributed by atoms with E-state index in [1.165, 1.54) is 0 Å². The number of hydrogen-bond donors (Lipinski definition) is 0. The van der Waals surface area contributed by atoms with E-state index in [9.17, 15) is 4.79 Å². The minimum Gasteiger partial charge on any atom is -0.445 e. The van der Waals surface area contributed by atoms with Gasteiger partial charge in [-0.15, -0.1) is 0 Å². The van der Waals surface area contributed by atoms with Gasteiger partial charge >= 0.3 is 6.09 Å². The van der Waals surface area contributed by atoms with Crippen LogP contribution in [-0.2, 0) is 11.3 Å². The van der Waals surface area contributed by atoms with Crippen molar-refractivity contribution in [3.8, 4) is 10.6 Å². The Morgan fingerprint density at radius 3 is 2.63 bits per heavy atom. The standard InChI is InChI=1S/C25H25N7O2S/c1-16-12-20(28-31-13-17(2)26-23(16)31)21-14-32-24(35-21)27-22(29-32)19-8-10-30(11-9-19)25(33)34-15-18-6-4-3-5-7-18/h3-7,12-14,19H,8-11,15H2,1-2H3. The fourth-order valence-corrected chi connectivity index (χ4v) is 5.38. The number of amides is 1. The maximum absolute atomic E-state index is 12.5. The fourth-order valence-electron chi connectivity index (χ4n) is 4.50. The van der Waals surface area contributed by atoms with Gasteiger partial charge in [0.25, 0.3) is 0 Å².